The standard InChI is InChI=1S/C27H30N2O3/c1-18(2)31-26-24(12-9-20-4-3-15-28-25(20)26)19-7-10-22(11-8-19)32-23-13-16-29(17-14-23)27(30)21-5-6-21/h3-4,7-12,15,18,21,23H,5-6,13-14,16-17H2,1-2H3. The van der Waals surface area contributed by atoms with E-state index in [1.54, 1.807) is 6.20 Å². The maximum Gasteiger partial charge on any atom is 0.225 e. The van der Waals surface area contributed by atoms with E-state index in [4.69, 9.17) is 9.47 Å². The molecule has 2 aromatic carbocycles. The van der Waals surface area contributed by atoms with Gasteiger partial charge in [-0.25, -0.2) is 0 Å². The highest BCUT2D eigenvalue weighted by Gasteiger charge is 2.35. The van der Waals surface area contributed by atoms with Gasteiger partial charge in [-0.05, 0) is 56.5 Å². The molecule has 1 aliphatic carbocycles. The first kappa shape index (κ1) is 20.8. The molecule has 1 saturated carbocycles. The van der Waals surface area contributed by atoms with E-state index in [-0.39, 0.29) is 12.2 Å². The number of fused-ring (bicyclic) bond motifs is 1. The van der Waals surface area contributed by atoms with Gasteiger partial charge in [-0.2, -0.15) is 0 Å². The van der Waals surface area contributed by atoms with Crippen molar-refractivity contribution in [1.82, 2.24) is 9.88 Å². The molecule has 32 heavy (non-hydrogen) atoms. The number of hydrogen-bond acceptors (Lipinski definition) is 4. The molecule has 1 aliphatic heterocycles. The van der Waals surface area contributed by atoms with E-state index in [0.717, 1.165) is 72.3 Å². The number of pyridine rings is 1. The molecular formula is C27H30N2O3. The van der Waals surface area contributed by atoms with Gasteiger partial charge >= 0.3 is 0 Å². The van der Waals surface area contributed by atoms with Gasteiger partial charge in [-0.1, -0.05) is 24.3 Å². The van der Waals surface area contributed by atoms with Gasteiger partial charge in [0.05, 0.1) is 6.10 Å². The molecule has 2 aliphatic rings. The van der Waals surface area contributed by atoms with Crippen molar-refractivity contribution >= 4 is 16.8 Å². The zero-order valence-electron chi connectivity index (χ0n) is 18.8. The van der Waals surface area contributed by atoms with E-state index in [2.05, 4.69) is 35.3 Å². The minimum Gasteiger partial charge on any atom is -0.490 e. The number of benzene rings is 2. The number of carbonyl (C=O) groups is 1. The minimum absolute atomic E-state index is 0.0571. The molecule has 0 radical (unpaired) electrons. The molecule has 2 fully saturated rings. The van der Waals surface area contributed by atoms with Gasteiger partial charge in [0.1, 0.15) is 17.4 Å². The number of carbonyl (C=O) groups excluding carboxylic acids is 1. The Morgan fingerprint density at radius 1 is 1.00 bits per heavy atom. The number of likely N-dealkylation sites (tertiary alicyclic amines) is 1. The normalized spacial score (nSPS) is 17.0. The number of aromatic nitrogens is 1. The highest BCUT2D eigenvalue weighted by atomic mass is 16.5. The van der Waals surface area contributed by atoms with Gasteiger partial charge in [0.15, 0.2) is 5.75 Å². The zero-order chi connectivity index (χ0) is 22.1. The second-order valence-corrected chi connectivity index (χ2v) is 9.13. The van der Waals surface area contributed by atoms with E-state index in [0.29, 0.717) is 11.8 Å². The van der Waals surface area contributed by atoms with Crippen LogP contribution in [0.15, 0.2) is 54.7 Å². The fraction of sp³-hybridized carbons (Fsp3) is 0.407. The van der Waals surface area contributed by atoms with Gasteiger partial charge < -0.3 is 14.4 Å². The Morgan fingerprint density at radius 2 is 1.75 bits per heavy atom. The van der Waals surface area contributed by atoms with E-state index in [9.17, 15) is 4.79 Å². The molecule has 0 N–H and O–H groups in total. The third-order valence-electron chi connectivity index (χ3n) is 6.23. The maximum atomic E-state index is 12.2. The number of amides is 1. The average Bonchev–Trinajstić information content (AvgIpc) is 3.65. The molecule has 1 saturated heterocycles. The summed E-state index contributed by atoms with van der Waals surface area (Å²) in [5.41, 5.74) is 2.99. The summed E-state index contributed by atoms with van der Waals surface area (Å²) in [7, 11) is 0. The number of hydrogen-bond donors (Lipinski definition) is 0. The molecule has 166 valence electrons. The summed E-state index contributed by atoms with van der Waals surface area (Å²) in [6, 6.07) is 16.4. The van der Waals surface area contributed by atoms with Crippen molar-refractivity contribution in [3.8, 4) is 22.6 Å². The van der Waals surface area contributed by atoms with Crippen LogP contribution in [0.4, 0.5) is 0 Å². The van der Waals surface area contributed by atoms with Crippen LogP contribution in [0.2, 0.25) is 0 Å². The molecule has 0 bridgehead atoms. The van der Waals surface area contributed by atoms with Crippen molar-refractivity contribution in [3.05, 3.63) is 54.7 Å². The average molecular weight is 431 g/mol. The largest absolute Gasteiger partial charge is 0.490 e. The summed E-state index contributed by atoms with van der Waals surface area (Å²) < 4.78 is 12.4. The summed E-state index contributed by atoms with van der Waals surface area (Å²) in [5, 5.41) is 1.07. The van der Waals surface area contributed by atoms with Crippen LogP contribution in [-0.2, 0) is 4.79 Å². The Bertz CT molecular complexity index is 1100. The Kier molecular flexibility index (Phi) is 5.73. The molecule has 3 aromatic rings. The van der Waals surface area contributed by atoms with E-state index >= 15 is 0 Å². The summed E-state index contributed by atoms with van der Waals surface area (Å²) in [6.45, 7) is 5.67. The molecule has 0 atom stereocenters. The first-order valence-electron chi connectivity index (χ1n) is 11.7. The van der Waals surface area contributed by atoms with Crippen molar-refractivity contribution in [2.24, 2.45) is 5.92 Å². The molecule has 1 aromatic heterocycles. The summed E-state index contributed by atoms with van der Waals surface area (Å²) in [4.78, 5) is 18.8. The van der Waals surface area contributed by atoms with Crippen molar-refractivity contribution in [1.29, 1.82) is 0 Å². The quantitative estimate of drug-likeness (QED) is 0.520. The first-order valence-corrected chi connectivity index (χ1v) is 11.7. The van der Waals surface area contributed by atoms with Crippen molar-refractivity contribution in [2.45, 2.75) is 51.7 Å². The maximum absolute atomic E-state index is 12.2. The van der Waals surface area contributed by atoms with Gasteiger partial charge in [0.25, 0.3) is 0 Å². The highest BCUT2D eigenvalue weighted by Crippen LogP contribution is 2.37. The molecule has 5 nitrogen and oxygen atoms in total. The number of nitrogens with zero attached hydrogens (tertiary/aromatic N) is 2. The summed E-state index contributed by atoms with van der Waals surface area (Å²) >= 11 is 0. The van der Waals surface area contributed by atoms with Crippen LogP contribution in [0.1, 0.15) is 39.5 Å². The van der Waals surface area contributed by atoms with Crippen LogP contribution in [0.25, 0.3) is 22.0 Å². The van der Waals surface area contributed by atoms with Crippen LogP contribution in [0, 0.1) is 5.92 Å². The summed E-state index contributed by atoms with van der Waals surface area (Å²) in [5.74, 6) is 2.33. The lowest BCUT2D eigenvalue weighted by molar-refractivity contribution is -0.134. The topological polar surface area (TPSA) is 51.7 Å². The predicted octanol–water partition coefficient (Wildman–Crippen LogP) is 5.47. The van der Waals surface area contributed by atoms with Crippen LogP contribution in [0.3, 0.4) is 0 Å². The number of piperidine rings is 1. The van der Waals surface area contributed by atoms with Gasteiger partial charge in [-0.15, -0.1) is 0 Å². The molecule has 5 heteroatoms. The van der Waals surface area contributed by atoms with Gasteiger partial charge in [0, 0.05) is 49.0 Å². The Labute approximate surface area is 189 Å². The van der Waals surface area contributed by atoms with Crippen LogP contribution in [0.5, 0.6) is 11.5 Å². The second-order valence-electron chi connectivity index (χ2n) is 9.13. The third-order valence-corrected chi connectivity index (χ3v) is 6.23. The SMILES string of the molecule is CC(C)Oc1c(-c2ccc(OC3CCN(C(=O)C4CC4)CC3)cc2)ccc2cccnc12. The highest BCUT2D eigenvalue weighted by molar-refractivity contribution is 5.92. The van der Waals surface area contributed by atoms with Crippen molar-refractivity contribution in [2.75, 3.05) is 13.1 Å². The van der Waals surface area contributed by atoms with E-state index < -0.39 is 0 Å². The Hall–Kier alpha value is -3.08. The lowest BCUT2D eigenvalue weighted by Gasteiger charge is -2.32. The molecular weight excluding hydrogens is 400 g/mol. The number of ether oxygens (including phenoxy) is 2. The zero-order valence-corrected chi connectivity index (χ0v) is 18.8. The van der Waals surface area contributed by atoms with Crippen LogP contribution < -0.4 is 9.47 Å². The predicted molar refractivity (Wildman–Crippen MR) is 126 cm³/mol. The number of rotatable bonds is 6. The third kappa shape index (κ3) is 4.43. The molecule has 0 spiro atoms. The smallest absolute Gasteiger partial charge is 0.225 e. The Balaban J connectivity index is 1.30. The van der Waals surface area contributed by atoms with E-state index in [1.165, 1.54) is 0 Å². The monoisotopic (exact) mass is 430 g/mol. The van der Waals surface area contributed by atoms with Crippen molar-refractivity contribution < 1.29 is 14.3 Å². The molecule has 5 rings (SSSR count). The van der Waals surface area contributed by atoms with Crippen molar-refractivity contribution in [3.63, 3.8) is 0 Å². The fourth-order valence-electron chi connectivity index (χ4n) is 4.39. The molecule has 1 amide bonds. The molecule has 2 heterocycles. The van der Waals surface area contributed by atoms with Crippen LogP contribution in [-0.4, -0.2) is 41.1 Å². The lowest BCUT2D eigenvalue weighted by atomic mass is 10.0. The Morgan fingerprint density at radius 3 is 2.44 bits per heavy atom. The van der Waals surface area contributed by atoms with Gasteiger partial charge in [-0.3, -0.25) is 9.78 Å². The lowest BCUT2D eigenvalue weighted by Crippen LogP contribution is -2.42. The first-order chi connectivity index (χ1) is 15.6. The fourth-order valence-corrected chi connectivity index (χ4v) is 4.39. The van der Waals surface area contributed by atoms with Gasteiger partial charge in [0.2, 0.25) is 5.91 Å². The van der Waals surface area contributed by atoms with Crippen LogP contribution >= 0.6 is 0 Å². The summed E-state index contributed by atoms with van der Waals surface area (Å²) in [6.07, 6.45) is 5.94. The minimum atomic E-state index is 0.0571. The molecule has 0 unspecified atom stereocenters. The van der Waals surface area contributed by atoms with E-state index in [1.807, 2.05) is 36.9 Å². The second kappa shape index (κ2) is 8.81.